The molecule has 33 heavy (non-hydrogen) atoms. The van der Waals surface area contributed by atoms with E-state index in [0.717, 1.165) is 29.8 Å². The van der Waals surface area contributed by atoms with E-state index in [0.29, 0.717) is 12.3 Å². The van der Waals surface area contributed by atoms with Crippen molar-refractivity contribution in [1.29, 1.82) is 0 Å². The first kappa shape index (κ1) is 23.8. The van der Waals surface area contributed by atoms with Crippen LogP contribution in [0.5, 0.6) is 5.75 Å². The molecule has 0 amide bonds. The van der Waals surface area contributed by atoms with Crippen LogP contribution in [0, 0.1) is 0 Å². The summed E-state index contributed by atoms with van der Waals surface area (Å²) in [7, 11) is 0. The third kappa shape index (κ3) is 5.88. The number of imidazole rings is 1. The molecule has 0 aliphatic carbocycles. The van der Waals surface area contributed by atoms with E-state index in [1.165, 1.54) is 20.0 Å². The van der Waals surface area contributed by atoms with Gasteiger partial charge >= 0.3 is 12.1 Å². The fourth-order valence-corrected chi connectivity index (χ4v) is 2.89. The lowest BCUT2D eigenvalue weighted by atomic mass is 10.1. The predicted octanol–water partition coefficient (Wildman–Crippen LogP) is 5.09. The van der Waals surface area contributed by atoms with Gasteiger partial charge in [0.15, 0.2) is 11.4 Å². The normalized spacial score (nSPS) is 12.2. The molecule has 0 saturated heterocycles. The Kier molecular flexibility index (Phi) is 6.71. The molecule has 0 saturated carbocycles. The highest BCUT2D eigenvalue weighted by atomic mass is 19.4. The zero-order valence-corrected chi connectivity index (χ0v) is 17.8. The van der Waals surface area contributed by atoms with Crippen molar-refractivity contribution in [2.45, 2.75) is 32.2 Å². The van der Waals surface area contributed by atoms with Gasteiger partial charge in [0.25, 0.3) is 0 Å². The SMILES string of the molecule is CC(C)(Oc1ccc(/C=C/Cn2ccnc2C(=O)c2ccc(C(F)(F)F)cc2)cc1)C(=O)O. The standard InChI is InChI=1S/C24H21F3N2O4/c1-23(2,22(31)32)33-19-11-5-16(6-12-19)4-3-14-29-15-13-28-21(29)20(30)17-7-9-18(10-8-17)24(25,26)27/h3-13,15H,14H2,1-2H3,(H,31,32)/b4-3+. The minimum absolute atomic E-state index is 0.110. The third-order valence-corrected chi connectivity index (χ3v) is 4.77. The van der Waals surface area contributed by atoms with Crippen LogP contribution in [-0.4, -0.2) is 32.0 Å². The van der Waals surface area contributed by atoms with Crippen molar-refractivity contribution in [3.63, 3.8) is 0 Å². The quantitative estimate of drug-likeness (QED) is 0.476. The maximum atomic E-state index is 12.7. The fourth-order valence-electron chi connectivity index (χ4n) is 2.89. The average molecular weight is 458 g/mol. The van der Waals surface area contributed by atoms with Crippen molar-refractivity contribution < 1.29 is 32.6 Å². The molecule has 0 spiro atoms. The Balaban J connectivity index is 1.66. The van der Waals surface area contributed by atoms with Crippen LogP contribution >= 0.6 is 0 Å². The summed E-state index contributed by atoms with van der Waals surface area (Å²) in [4.78, 5) is 27.9. The van der Waals surface area contributed by atoms with Crippen LogP contribution in [-0.2, 0) is 17.5 Å². The summed E-state index contributed by atoms with van der Waals surface area (Å²) < 4.78 is 45.2. The molecule has 1 aromatic heterocycles. The van der Waals surface area contributed by atoms with Crippen molar-refractivity contribution in [2.24, 2.45) is 0 Å². The number of halogens is 3. The van der Waals surface area contributed by atoms with Gasteiger partial charge in [-0.3, -0.25) is 4.79 Å². The van der Waals surface area contributed by atoms with Crippen molar-refractivity contribution in [1.82, 2.24) is 9.55 Å². The van der Waals surface area contributed by atoms with E-state index < -0.39 is 29.1 Å². The van der Waals surface area contributed by atoms with Gasteiger partial charge in [0.2, 0.25) is 5.78 Å². The lowest BCUT2D eigenvalue weighted by Gasteiger charge is -2.21. The van der Waals surface area contributed by atoms with Crippen LogP contribution in [0.25, 0.3) is 6.08 Å². The summed E-state index contributed by atoms with van der Waals surface area (Å²) in [6, 6.07) is 10.8. The van der Waals surface area contributed by atoms with E-state index in [1.54, 1.807) is 47.2 Å². The Hall–Kier alpha value is -3.88. The van der Waals surface area contributed by atoms with Gasteiger partial charge in [0.1, 0.15) is 5.75 Å². The number of ketones is 1. The monoisotopic (exact) mass is 458 g/mol. The van der Waals surface area contributed by atoms with Gasteiger partial charge in [-0.25, -0.2) is 9.78 Å². The van der Waals surface area contributed by atoms with E-state index in [4.69, 9.17) is 9.84 Å². The molecule has 172 valence electrons. The number of hydrogen-bond acceptors (Lipinski definition) is 4. The number of nitrogens with zero attached hydrogens (tertiary/aromatic N) is 2. The summed E-state index contributed by atoms with van der Waals surface area (Å²) in [6.07, 6.45) is 2.18. The lowest BCUT2D eigenvalue weighted by molar-refractivity contribution is -0.152. The molecule has 0 fully saturated rings. The molecule has 3 rings (SSSR count). The Bertz CT molecular complexity index is 1160. The summed E-state index contributed by atoms with van der Waals surface area (Å²) >= 11 is 0. The Morgan fingerprint density at radius 1 is 1.06 bits per heavy atom. The van der Waals surface area contributed by atoms with Gasteiger partial charge in [-0.05, 0) is 43.7 Å². The molecule has 2 aromatic carbocycles. The molecular weight excluding hydrogens is 437 g/mol. The molecule has 0 aliphatic heterocycles. The second kappa shape index (κ2) is 9.32. The van der Waals surface area contributed by atoms with Gasteiger partial charge in [-0.15, -0.1) is 0 Å². The van der Waals surface area contributed by atoms with Crippen molar-refractivity contribution in [3.05, 3.63) is 89.5 Å². The average Bonchev–Trinajstić information content (AvgIpc) is 3.22. The lowest BCUT2D eigenvalue weighted by Crippen LogP contribution is -2.37. The first-order valence-electron chi connectivity index (χ1n) is 9.89. The smallest absolute Gasteiger partial charge is 0.416 e. The van der Waals surface area contributed by atoms with E-state index in [9.17, 15) is 22.8 Å². The number of ether oxygens (including phenoxy) is 1. The molecule has 1 heterocycles. The first-order chi connectivity index (χ1) is 15.5. The molecule has 6 nitrogen and oxygen atoms in total. The largest absolute Gasteiger partial charge is 0.478 e. The summed E-state index contributed by atoms with van der Waals surface area (Å²) in [5, 5.41) is 9.13. The maximum Gasteiger partial charge on any atom is 0.416 e. The molecule has 1 N–H and O–H groups in total. The van der Waals surface area contributed by atoms with Crippen LogP contribution in [0.15, 0.2) is 67.0 Å². The molecule has 0 aliphatic rings. The first-order valence-corrected chi connectivity index (χ1v) is 9.89. The van der Waals surface area contributed by atoms with Gasteiger partial charge in [0.05, 0.1) is 5.56 Å². The highest BCUT2D eigenvalue weighted by Crippen LogP contribution is 2.29. The number of aliphatic carboxylic acids is 1. The Morgan fingerprint density at radius 3 is 2.27 bits per heavy atom. The van der Waals surface area contributed by atoms with Crippen LogP contribution in [0.4, 0.5) is 13.2 Å². The predicted molar refractivity (Wildman–Crippen MR) is 115 cm³/mol. The maximum absolute atomic E-state index is 12.7. The minimum Gasteiger partial charge on any atom is -0.478 e. The number of alkyl halides is 3. The summed E-state index contributed by atoms with van der Waals surface area (Å²) in [6.45, 7) is 3.22. The Morgan fingerprint density at radius 2 is 1.70 bits per heavy atom. The number of carbonyl (C=O) groups excluding carboxylic acids is 1. The second-order valence-electron chi connectivity index (χ2n) is 7.70. The molecule has 3 aromatic rings. The van der Waals surface area contributed by atoms with Crippen LogP contribution in [0.2, 0.25) is 0 Å². The highest BCUT2D eigenvalue weighted by molar-refractivity contribution is 6.06. The number of carbonyl (C=O) groups is 2. The number of hydrogen-bond donors (Lipinski definition) is 1. The van der Waals surface area contributed by atoms with Crippen LogP contribution in [0.3, 0.4) is 0 Å². The molecule has 0 radical (unpaired) electrons. The number of benzene rings is 2. The minimum atomic E-state index is -4.47. The molecule has 0 bridgehead atoms. The molecule has 0 unspecified atom stereocenters. The van der Waals surface area contributed by atoms with Gasteiger partial charge in [-0.1, -0.05) is 36.4 Å². The Labute approximate surface area is 188 Å². The third-order valence-electron chi connectivity index (χ3n) is 4.77. The summed E-state index contributed by atoms with van der Waals surface area (Å²) in [5.41, 5.74) is -1.24. The zero-order valence-electron chi connectivity index (χ0n) is 17.8. The number of rotatable bonds is 8. The van der Waals surface area contributed by atoms with Crippen molar-refractivity contribution in [2.75, 3.05) is 0 Å². The van der Waals surface area contributed by atoms with Crippen LogP contribution in [0.1, 0.15) is 41.2 Å². The second-order valence-corrected chi connectivity index (χ2v) is 7.70. The molecular formula is C24H21F3N2O4. The topological polar surface area (TPSA) is 81.4 Å². The highest BCUT2D eigenvalue weighted by Gasteiger charge is 2.30. The number of aromatic nitrogens is 2. The van der Waals surface area contributed by atoms with E-state index in [2.05, 4.69) is 4.98 Å². The van der Waals surface area contributed by atoms with E-state index in [-0.39, 0.29) is 11.4 Å². The molecule has 9 heteroatoms. The van der Waals surface area contributed by atoms with Gasteiger partial charge in [-0.2, -0.15) is 13.2 Å². The zero-order chi connectivity index (χ0) is 24.2. The summed E-state index contributed by atoms with van der Waals surface area (Å²) in [5.74, 6) is -1.03. The van der Waals surface area contributed by atoms with E-state index >= 15 is 0 Å². The van der Waals surface area contributed by atoms with E-state index in [1.807, 2.05) is 0 Å². The molecule has 0 atom stereocenters. The van der Waals surface area contributed by atoms with Crippen molar-refractivity contribution >= 4 is 17.8 Å². The number of allylic oxidation sites excluding steroid dienone is 1. The van der Waals surface area contributed by atoms with Gasteiger partial charge in [0, 0.05) is 24.5 Å². The van der Waals surface area contributed by atoms with Crippen molar-refractivity contribution in [3.8, 4) is 5.75 Å². The van der Waals surface area contributed by atoms with Crippen LogP contribution < -0.4 is 4.74 Å². The van der Waals surface area contributed by atoms with Gasteiger partial charge < -0.3 is 14.4 Å². The fraction of sp³-hybridized carbons (Fsp3) is 0.208. The number of carboxylic acids is 1. The number of carboxylic acid groups (broad SMARTS) is 1.